The van der Waals surface area contributed by atoms with Gasteiger partial charge in [-0.2, -0.15) is 0 Å². The van der Waals surface area contributed by atoms with Crippen molar-refractivity contribution in [2.45, 2.75) is 34.1 Å². The molecule has 138 valence electrons. The summed E-state index contributed by atoms with van der Waals surface area (Å²) in [7, 11) is 0. The summed E-state index contributed by atoms with van der Waals surface area (Å²) in [4.78, 5) is 21.4. The molecular formula is C22H24N4O. The van der Waals surface area contributed by atoms with E-state index in [4.69, 9.17) is 0 Å². The Bertz CT molecular complexity index is 965. The van der Waals surface area contributed by atoms with Crippen molar-refractivity contribution in [1.29, 1.82) is 0 Å². The van der Waals surface area contributed by atoms with Crippen LogP contribution in [-0.2, 0) is 6.42 Å². The largest absolute Gasteiger partial charge is 0.324 e. The first kappa shape index (κ1) is 18.6. The molecule has 1 amide bonds. The van der Waals surface area contributed by atoms with E-state index in [1.165, 1.54) is 11.1 Å². The van der Waals surface area contributed by atoms with Crippen LogP contribution >= 0.6 is 0 Å². The van der Waals surface area contributed by atoms with Gasteiger partial charge in [-0.1, -0.05) is 25.1 Å². The Morgan fingerprint density at radius 3 is 2.26 bits per heavy atom. The summed E-state index contributed by atoms with van der Waals surface area (Å²) in [5.74, 6) is 0.151. The zero-order chi connectivity index (χ0) is 19.4. The third-order valence-electron chi connectivity index (χ3n) is 4.47. The number of hydrogen-bond acceptors (Lipinski definition) is 4. The quantitative estimate of drug-likeness (QED) is 0.675. The van der Waals surface area contributed by atoms with Gasteiger partial charge in [-0.05, 0) is 74.2 Å². The predicted octanol–water partition coefficient (Wildman–Crippen LogP) is 4.96. The molecule has 3 rings (SSSR count). The summed E-state index contributed by atoms with van der Waals surface area (Å²) in [5, 5.41) is 6.07. The van der Waals surface area contributed by atoms with E-state index in [2.05, 4.69) is 39.7 Å². The Labute approximate surface area is 159 Å². The van der Waals surface area contributed by atoms with Crippen LogP contribution in [0.15, 0.2) is 48.5 Å². The second-order valence-corrected chi connectivity index (χ2v) is 6.65. The molecular weight excluding hydrogens is 336 g/mol. The molecule has 0 spiro atoms. The highest BCUT2D eigenvalue weighted by atomic mass is 16.1. The number of aryl methyl sites for hydroxylation is 4. The van der Waals surface area contributed by atoms with E-state index >= 15 is 0 Å². The molecule has 0 aliphatic rings. The number of hydrogen-bond donors (Lipinski definition) is 2. The van der Waals surface area contributed by atoms with Crippen LogP contribution in [0.2, 0.25) is 0 Å². The van der Waals surface area contributed by atoms with Crippen LogP contribution in [0.5, 0.6) is 0 Å². The van der Waals surface area contributed by atoms with Gasteiger partial charge in [-0.15, -0.1) is 0 Å². The van der Waals surface area contributed by atoms with E-state index in [1.54, 1.807) is 6.07 Å². The lowest BCUT2D eigenvalue weighted by atomic mass is 10.1. The van der Waals surface area contributed by atoms with E-state index in [1.807, 2.05) is 51.1 Å². The standard InChI is InChI=1S/C22H24N4O/c1-5-17-7-10-18(11-8-17)25-22-23-16(4)13-20(26-22)21(27)24-19-9-6-14(2)15(3)12-19/h6-13H,5H2,1-4H3,(H,24,27)(H,23,25,26). The van der Waals surface area contributed by atoms with Gasteiger partial charge < -0.3 is 10.6 Å². The highest BCUT2D eigenvalue weighted by Gasteiger charge is 2.12. The van der Waals surface area contributed by atoms with Gasteiger partial charge in [0.2, 0.25) is 5.95 Å². The molecule has 1 aromatic heterocycles. The second-order valence-electron chi connectivity index (χ2n) is 6.65. The van der Waals surface area contributed by atoms with Gasteiger partial charge in [0, 0.05) is 17.1 Å². The van der Waals surface area contributed by atoms with Crippen LogP contribution in [0.3, 0.4) is 0 Å². The van der Waals surface area contributed by atoms with Gasteiger partial charge >= 0.3 is 0 Å². The first-order valence-corrected chi connectivity index (χ1v) is 9.05. The zero-order valence-electron chi connectivity index (χ0n) is 16.1. The van der Waals surface area contributed by atoms with Gasteiger partial charge in [0.15, 0.2) is 0 Å². The fourth-order valence-electron chi connectivity index (χ4n) is 2.71. The Morgan fingerprint density at radius 1 is 0.889 bits per heavy atom. The van der Waals surface area contributed by atoms with Crippen LogP contribution in [0, 0.1) is 20.8 Å². The normalized spacial score (nSPS) is 10.5. The monoisotopic (exact) mass is 360 g/mol. The first-order valence-electron chi connectivity index (χ1n) is 9.05. The predicted molar refractivity (Wildman–Crippen MR) is 110 cm³/mol. The van der Waals surface area contributed by atoms with Crippen LogP contribution < -0.4 is 10.6 Å². The van der Waals surface area contributed by atoms with E-state index < -0.39 is 0 Å². The molecule has 0 radical (unpaired) electrons. The lowest BCUT2D eigenvalue weighted by Gasteiger charge is -2.10. The molecule has 5 heteroatoms. The minimum absolute atomic E-state index is 0.256. The summed E-state index contributed by atoms with van der Waals surface area (Å²) >= 11 is 0. The molecule has 0 unspecified atom stereocenters. The van der Waals surface area contributed by atoms with Crippen molar-refractivity contribution >= 4 is 23.2 Å². The molecule has 0 bridgehead atoms. The Kier molecular flexibility index (Phi) is 5.50. The zero-order valence-corrected chi connectivity index (χ0v) is 16.1. The molecule has 0 aliphatic heterocycles. The van der Waals surface area contributed by atoms with Crippen molar-refractivity contribution in [3.63, 3.8) is 0 Å². The van der Waals surface area contributed by atoms with Crippen molar-refractivity contribution in [3.05, 3.63) is 76.6 Å². The van der Waals surface area contributed by atoms with Crippen molar-refractivity contribution < 1.29 is 4.79 Å². The van der Waals surface area contributed by atoms with Crippen molar-refractivity contribution in [1.82, 2.24) is 9.97 Å². The second kappa shape index (κ2) is 7.99. The SMILES string of the molecule is CCc1ccc(Nc2nc(C)cc(C(=O)Nc3ccc(C)c(C)c3)n2)cc1. The number of carbonyl (C=O) groups excluding carboxylic acids is 1. The number of benzene rings is 2. The van der Waals surface area contributed by atoms with Crippen LogP contribution in [0.4, 0.5) is 17.3 Å². The molecule has 0 fully saturated rings. The Morgan fingerprint density at radius 2 is 1.59 bits per heavy atom. The number of amides is 1. The Hall–Kier alpha value is -3.21. The van der Waals surface area contributed by atoms with E-state index in [0.29, 0.717) is 11.6 Å². The number of nitrogens with one attached hydrogen (secondary N) is 2. The van der Waals surface area contributed by atoms with Crippen molar-refractivity contribution in [2.24, 2.45) is 0 Å². The molecule has 3 aromatic rings. The maximum atomic E-state index is 12.6. The molecule has 2 N–H and O–H groups in total. The lowest BCUT2D eigenvalue weighted by molar-refractivity contribution is 0.102. The number of nitrogens with zero attached hydrogens (tertiary/aromatic N) is 2. The molecule has 0 saturated heterocycles. The molecule has 1 heterocycles. The summed E-state index contributed by atoms with van der Waals surface area (Å²) in [6.45, 7) is 8.03. The first-order chi connectivity index (χ1) is 12.9. The van der Waals surface area contributed by atoms with E-state index in [-0.39, 0.29) is 5.91 Å². The highest BCUT2D eigenvalue weighted by molar-refractivity contribution is 6.03. The highest BCUT2D eigenvalue weighted by Crippen LogP contribution is 2.17. The van der Waals surface area contributed by atoms with Crippen LogP contribution in [-0.4, -0.2) is 15.9 Å². The average Bonchev–Trinajstić information content (AvgIpc) is 2.65. The van der Waals surface area contributed by atoms with Crippen LogP contribution in [0.1, 0.15) is 39.8 Å². The third kappa shape index (κ3) is 4.70. The molecule has 0 atom stereocenters. The minimum atomic E-state index is -0.256. The number of anilines is 3. The van der Waals surface area contributed by atoms with Gasteiger partial charge in [-0.25, -0.2) is 9.97 Å². The molecule has 0 aliphatic carbocycles. The maximum absolute atomic E-state index is 12.6. The Balaban J connectivity index is 1.79. The van der Waals surface area contributed by atoms with Gasteiger partial charge in [-0.3, -0.25) is 4.79 Å². The fraction of sp³-hybridized carbons (Fsp3) is 0.227. The summed E-state index contributed by atoms with van der Waals surface area (Å²) in [6.07, 6.45) is 0.990. The molecule has 0 saturated carbocycles. The number of rotatable bonds is 5. The molecule has 27 heavy (non-hydrogen) atoms. The van der Waals surface area contributed by atoms with Crippen molar-refractivity contribution in [3.8, 4) is 0 Å². The molecule has 5 nitrogen and oxygen atoms in total. The molecule has 2 aromatic carbocycles. The smallest absolute Gasteiger partial charge is 0.274 e. The van der Waals surface area contributed by atoms with E-state index in [9.17, 15) is 4.79 Å². The third-order valence-corrected chi connectivity index (χ3v) is 4.47. The number of carbonyl (C=O) groups is 1. The average molecular weight is 360 g/mol. The fourth-order valence-corrected chi connectivity index (χ4v) is 2.71. The maximum Gasteiger partial charge on any atom is 0.274 e. The topological polar surface area (TPSA) is 66.9 Å². The van der Waals surface area contributed by atoms with E-state index in [0.717, 1.165) is 29.1 Å². The lowest BCUT2D eigenvalue weighted by Crippen LogP contribution is -2.15. The summed E-state index contributed by atoms with van der Waals surface area (Å²) < 4.78 is 0. The van der Waals surface area contributed by atoms with Gasteiger partial charge in [0.25, 0.3) is 5.91 Å². The van der Waals surface area contributed by atoms with Gasteiger partial charge in [0.1, 0.15) is 5.69 Å². The van der Waals surface area contributed by atoms with Gasteiger partial charge in [0.05, 0.1) is 0 Å². The summed E-state index contributed by atoms with van der Waals surface area (Å²) in [5.41, 5.74) is 6.27. The minimum Gasteiger partial charge on any atom is -0.324 e. The summed E-state index contributed by atoms with van der Waals surface area (Å²) in [6, 6.07) is 15.6. The van der Waals surface area contributed by atoms with Crippen molar-refractivity contribution in [2.75, 3.05) is 10.6 Å². The van der Waals surface area contributed by atoms with Crippen LogP contribution in [0.25, 0.3) is 0 Å². The number of aromatic nitrogens is 2.